The highest BCUT2D eigenvalue weighted by Crippen LogP contribution is 2.25. The lowest BCUT2D eigenvalue weighted by molar-refractivity contribution is -0.119. The van der Waals surface area contributed by atoms with Crippen LogP contribution in [0.25, 0.3) is 0 Å². The number of hydrogen-bond donors (Lipinski definition) is 2. The van der Waals surface area contributed by atoms with Crippen LogP contribution in [0.15, 0.2) is 16.6 Å². The summed E-state index contributed by atoms with van der Waals surface area (Å²) in [6, 6.07) is 4.01. The van der Waals surface area contributed by atoms with E-state index >= 15 is 0 Å². The zero-order valence-corrected chi connectivity index (χ0v) is 12.3. The third kappa shape index (κ3) is 3.82. The smallest absolute Gasteiger partial charge is 0.228 e. The molecule has 1 aromatic carbocycles. The Morgan fingerprint density at radius 3 is 2.35 bits per heavy atom. The Bertz CT molecular complexity index is 395. The molecular formula is C13H19BrN2O. The normalized spacial score (nSPS) is 12.3. The van der Waals surface area contributed by atoms with Gasteiger partial charge in [0.05, 0.1) is 0 Å². The van der Waals surface area contributed by atoms with Crippen molar-refractivity contribution in [3.05, 3.63) is 27.7 Å². The molecule has 1 amide bonds. The minimum atomic E-state index is -0.0394. The van der Waals surface area contributed by atoms with E-state index in [-0.39, 0.29) is 11.8 Å². The van der Waals surface area contributed by atoms with Gasteiger partial charge in [-0.1, -0.05) is 22.9 Å². The lowest BCUT2D eigenvalue weighted by Gasteiger charge is -2.15. The van der Waals surface area contributed by atoms with Crippen molar-refractivity contribution >= 4 is 27.5 Å². The van der Waals surface area contributed by atoms with Crippen LogP contribution in [0.4, 0.5) is 5.69 Å². The topological polar surface area (TPSA) is 41.1 Å². The fourth-order valence-corrected chi connectivity index (χ4v) is 2.44. The Labute approximate surface area is 111 Å². The van der Waals surface area contributed by atoms with Crippen LogP contribution in [-0.2, 0) is 4.79 Å². The highest BCUT2D eigenvalue weighted by molar-refractivity contribution is 9.10. The molecule has 0 fully saturated rings. The number of rotatable bonds is 4. The van der Waals surface area contributed by atoms with Crippen molar-refractivity contribution in [1.82, 2.24) is 5.32 Å². The largest absolute Gasteiger partial charge is 0.325 e. The summed E-state index contributed by atoms with van der Waals surface area (Å²) in [5.41, 5.74) is 3.06. The fraction of sp³-hybridized carbons (Fsp3) is 0.462. The Morgan fingerprint density at radius 1 is 1.35 bits per heavy atom. The second kappa shape index (κ2) is 6.17. The molecule has 4 heteroatoms. The van der Waals surface area contributed by atoms with Crippen molar-refractivity contribution < 1.29 is 4.79 Å². The van der Waals surface area contributed by atoms with Gasteiger partial charge in [0.25, 0.3) is 0 Å². The minimum absolute atomic E-state index is 0.0394. The molecule has 0 aliphatic carbocycles. The fourth-order valence-electron chi connectivity index (χ4n) is 1.75. The van der Waals surface area contributed by atoms with Crippen LogP contribution >= 0.6 is 15.9 Å². The van der Waals surface area contributed by atoms with Crippen molar-refractivity contribution in [3.8, 4) is 0 Å². The number of halogens is 1. The van der Waals surface area contributed by atoms with E-state index in [1.807, 2.05) is 40.0 Å². The van der Waals surface area contributed by atoms with Gasteiger partial charge in [-0.15, -0.1) is 0 Å². The Kier molecular flexibility index (Phi) is 5.15. The maximum Gasteiger partial charge on any atom is 0.228 e. The van der Waals surface area contributed by atoms with E-state index in [1.54, 1.807) is 0 Å². The molecule has 3 nitrogen and oxygen atoms in total. The SMILES string of the molecule is CNCC(C)C(=O)Nc1c(C)cc(Br)cc1C. The molecule has 2 N–H and O–H groups in total. The second-order valence-electron chi connectivity index (χ2n) is 4.36. The summed E-state index contributed by atoms with van der Waals surface area (Å²) >= 11 is 3.44. The lowest BCUT2D eigenvalue weighted by atomic mass is 10.1. The zero-order valence-electron chi connectivity index (χ0n) is 10.7. The van der Waals surface area contributed by atoms with Crippen molar-refractivity contribution in [1.29, 1.82) is 0 Å². The molecule has 0 saturated carbocycles. The van der Waals surface area contributed by atoms with Crippen molar-refractivity contribution in [2.24, 2.45) is 5.92 Å². The molecule has 1 rings (SSSR count). The quantitative estimate of drug-likeness (QED) is 0.897. The average Bonchev–Trinajstić information content (AvgIpc) is 2.23. The average molecular weight is 299 g/mol. The first-order chi connectivity index (χ1) is 7.95. The van der Waals surface area contributed by atoms with Crippen LogP contribution in [0.1, 0.15) is 18.1 Å². The first-order valence-corrected chi connectivity index (χ1v) is 6.47. The molecule has 1 aromatic rings. The summed E-state index contributed by atoms with van der Waals surface area (Å²) < 4.78 is 1.04. The van der Waals surface area contributed by atoms with Gasteiger partial charge in [0.1, 0.15) is 0 Å². The highest BCUT2D eigenvalue weighted by Gasteiger charge is 2.14. The van der Waals surface area contributed by atoms with Gasteiger partial charge >= 0.3 is 0 Å². The van der Waals surface area contributed by atoms with E-state index < -0.39 is 0 Å². The molecule has 0 aliphatic heterocycles. The maximum atomic E-state index is 11.9. The number of anilines is 1. The second-order valence-corrected chi connectivity index (χ2v) is 5.28. The van der Waals surface area contributed by atoms with Gasteiger partial charge in [-0.2, -0.15) is 0 Å². The first kappa shape index (κ1) is 14.2. The number of aryl methyl sites for hydroxylation is 2. The van der Waals surface area contributed by atoms with Crippen LogP contribution < -0.4 is 10.6 Å². The summed E-state index contributed by atoms with van der Waals surface area (Å²) in [4.78, 5) is 11.9. The molecule has 0 aliphatic rings. The van der Waals surface area contributed by atoms with Crippen molar-refractivity contribution in [2.75, 3.05) is 18.9 Å². The summed E-state index contributed by atoms with van der Waals surface area (Å²) in [6.45, 7) is 6.59. The zero-order chi connectivity index (χ0) is 13.0. The summed E-state index contributed by atoms with van der Waals surface area (Å²) in [5, 5.41) is 5.99. The van der Waals surface area contributed by atoms with Crippen LogP contribution in [0.3, 0.4) is 0 Å². The first-order valence-electron chi connectivity index (χ1n) is 5.68. The molecule has 0 heterocycles. The van der Waals surface area contributed by atoms with E-state index in [1.165, 1.54) is 0 Å². The Hall–Kier alpha value is -0.870. The number of hydrogen-bond acceptors (Lipinski definition) is 2. The van der Waals surface area contributed by atoms with Crippen LogP contribution in [0.2, 0.25) is 0 Å². The van der Waals surface area contributed by atoms with Crippen LogP contribution in [0.5, 0.6) is 0 Å². The van der Waals surface area contributed by atoms with Gasteiger partial charge in [0, 0.05) is 22.6 Å². The Morgan fingerprint density at radius 2 is 1.88 bits per heavy atom. The summed E-state index contributed by atoms with van der Waals surface area (Å²) in [6.07, 6.45) is 0. The maximum absolute atomic E-state index is 11.9. The minimum Gasteiger partial charge on any atom is -0.325 e. The highest BCUT2D eigenvalue weighted by atomic mass is 79.9. The van der Waals surface area contributed by atoms with Gasteiger partial charge < -0.3 is 10.6 Å². The monoisotopic (exact) mass is 298 g/mol. The predicted molar refractivity (Wildman–Crippen MR) is 75.3 cm³/mol. The molecule has 0 aromatic heterocycles. The molecule has 17 heavy (non-hydrogen) atoms. The van der Waals surface area contributed by atoms with Crippen LogP contribution in [0, 0.1) is 19.8 Å². The van der Waals surface area contributed by atoms with Gasteiger partial charge in [0.15, 0.2) is 0 Å². The Balaban J connectivity index is 2.85. The van der Waals surface area contributed by atoms with E-state index in [4.69, 9.17) is 0 Å². The molecule has 0 radical (unpaired) electrons. The van der Waals surface area contributed by atoms with Gasteiger partial charge in [0.2, 0.25) is 5.91 Å². The third-order valence-corrected chi connectivity index (χ3v) is 3.16. The summed E-state index contributed by atoms with van der Waals surface area (Å²) in [7, 11) is 1.85. The molecule has 1 unspecified atom stereocenters. The van der Waals surface area contributed by atoms with Gasteiger partial charge in [-0.3, -0.25) is 4.79 Å². The summed E-state index contributed by atoms with van der Waals surface area (Å²) in [5.74, 6) is 0.00955. The van der Waals surface area contributed by atoms with E-state index in [0.717, 1.165) is 21.3 Å². The number of nitrogens with one attached hydrogen (secondary N) is 2. The molecule has 94 valence electrons. The number of carbonyl (C=O) groups is 1. The van der Waals surface area contributed by atoms with Crippen molar-refractivity contribution in [2.45, 2.75) is 20.8 Å². The van der Waals surface area contributed by atoms with E-state index in [2.05, 4.69) is 26.6 Å². The van der Waals surface area contributed by atoms with E-state index in [9.17, 15) is 4.79 Å². The molecule has 1 atom stereocenters. The van der Waals surface area contributed by atoms with Crippen molar-refractivity contribution in [3.63, 3.8) is 0 Å². The molecular weight excluding hydrogens is 280 g/mol. The number of carbonyl (C=O) groups excluding carboxylic acids is 1. The standard InChI is InChI=1S/C13H19BrN2O/c1-8-5-11(14)6-9(2)12(8)16-13(17)10(3)7-15-4/h5-6,10,15H,7H2,1-4H3,(H,16,17). The van der Waals surface area contributed by atoms with Gasteiger partial charge in [-0.05, 0) is 44.2 Å². The number of amides is 1. The number of benzene rings is 1. The van der Waals surface area contributed by atoms with E-state index in [0.29, 0.717) is 6.54 Å². The molecule has 0 spiro atoms. The third-order valence-electron chi connectivity index (χ3n) is 2.70. The lowest BCUT2D eigenvalue weighted by Crippen LogP contribution is -2.29. The molecule has 0 saturated heterocycles. The molecule has 0 bridgehead atoms. The van der Waals surface area contributed by atoms with Crippen LogP contribution in [-0.4, -0.2) is 19.5 Å². The van der Waals surface area contributed by atoms with Gasteiger partial charge in [-0.25, -0.2) is 0 Å². The predicted octanol–water partition coefficient (Wildman–Crippen LogP) is 2.86.